The predicted molar refractivity (Wildman–Crippen MR) is 66.5 cm³/mol. The van der Waals surface area contributed by atoms with Gasteiger partial charge in [-0.25, -0.2) is 0 Å². The first-order valence-corrected chi connectivity index (χ1v) is 6.25. The Kier molecular flexibility index (Phi) is 4.26. The molecule has 0 spiro atoms. The SMILES string of the molecule is CC(C)C(C)Sc1c(N)cncc1Br. The fourth-order valence-corrected chi connectivity index (χ4v) is 2.51. The van der Waals surface area contributed by atoms with E-state index in [1.165, 1.54) is 0 Å². The summed E-state index contributed by atoms with van der Waals surface area (Å²) in [5, 5.41) is 0.552. The van der Waals surface area contributed by atoms with Crippen molar-refractivity contribution in [2.24, 2.45) is 5.92 Å². The number of rotatable bonds is 3. The Bertz CT molecular complexity index is 295. The maximum Gasteiger partial charge on any atom is 0.0650 e. The van der Waals surface area contributed by atoms with Gasteiger partial charge in [0.1, 0.15) is 0 Å². The molecule has 0 aliphatic carbocycles. The summed E-state index contributed by atoms with van der Waals surface area (Å²) in [5.41, 5.74) is 6.60. The van der Waals surface area contributed by atoms with Crippen LogP contribution in [0.15, 0.2) is 21.8 Å². The van der Waals surface area contributed by atoms with Crippen molar-refractivity contribution in [2.75, 3.05) is 5.73 Å². The van der Waals surface area contributed by atoms with Crippen LogP contribution in [0.5, 0.6) is 0 Å². The van der Waals surface area contributed by atoms with Crippen LogP contribution in [0.2, 0.25) is 0 Å². The second-order valence-corrected chi connectivity index (χ2v) is 5.85. The molecule has 14 heavy (non-hydrogen) atoms. The minimum absolute atomic E-state index is 0.552. The second-order valence-electron chi connectivity index (χ2n) is 3.61. The molecule has 1 heterocycles. The number of thioether (sulfide) groups is 1. The Hall–Kier alpha value is -0.220. The fourth-order valence-electron chi connectivity index (χ4n) is 0.884. The first kappa shape index (κ1) is 11.9. The number of anilines is 1. The average Bonchev–Trinajstić information content (AvgIpc) is 2.11. The molecule has 0 aliphatic heterocycles. The minimum Gasteiger partial charge on any atom is -0.397 e. The molecule has 0 fully saturated rings. The van der Waals surface area contributed by atoms with Crippen LogP contribution in [0.1, 0.15) is 20.8 Å². The normalized spacial score (nSPS) is 13.2. The Labute approximate surface area is 97.8 Å². The van der Waals surface area contributed by atoms with Crippen LogP contribution in [0.25, 0.3) is 0 Å². The summed E-state index contributed by atoms with van der Waals surface area (Å²) < 4.78 is 0.981. The van der Waals surface area contributed by atoms with Gasteiger partial charge < -0.3 is 5.73 Å². The molecule has 4 heteroatoms. The number of hydrogen-bond acceptors (Lipinski definition) is 3. The van der Waals surface area contributed by atoms with Crippen LogP contribution in [0.3, 0.4) is 0 Å². The quantitative estimate of drug-likeness (QED) is 0.857. The van der Waals surface area contributed by atoms with Crippen molar-refractivity contribution < 1.29 is 0 Å². The average molecular weight is 275 g/mol. The molecule has 0 radical (unpaired) electrons. The molecule has 2 N–H and O–H groups in total. The molecule has 0 saturated carbocycles. The number of nitrogen functional groups attached to an aromatic ring is 1. The van der Waals surface area contributed by atoms with E-state index in [1.54, 1.807) is 24.2 Å². The van der Waals surface area contributed by atoms with Crippen molar-refractivity contribution in [3.63, 3.8) is 0 Å². The predicted octanol–water partition coefficient (Wildman–Crippen LogP) is 3.56. The smallest absolute Gasteiger partial charge is 0.0650 e. The van der Waals surface area contributed by atoms with Gasteiger partial charge in [0.2, 0.25) is 0 Å². The second kappa shape index (κ2) is 5.03. The first-order valence-electron chi connectivity index (χ1n) is 4.58. The van der Waals surface area contributed by atoms with Crippen molar-refractivity contribution in [3.8, 4) is 0 Å². The van der Waals surface area contributed by atoms with E-state index in [4.69, 9.17) is 5.73 Å². The third-order valence-electron chi connectivity index (χ3n) is 2.12. The Morgan fingerprint density at radius 2 is 2.00 bits per heavy atom. The molecule has 78 valence electrons. The molecule has 1 atom stereocenters. The number of halogens is 1. The van der Waals surface area contributed by atoms with Crippen molar-refractivity contribution in [1.82, 2.24) is 4.98 Å². The van der Waals surface area contributed by atoms with Crippen LogP contribution >= 0.6 is 27.7 Å². The van der Waals surface area contributed by atoms with Crippen molar-refractivity contribution in [3.05, 3.63) is 16.9 Å². The topological polar surface area (TPSA) is 38.9 Å². The molecule has 1 unspecified atom stereocenters. The molecule has 0 amide bonds. The highest BCUT2D eigenvalue weighted by atomic mass is 79.9. The molecule has 1 aromatic rings. The third kappa shape index (κ3) is 2.89. The highest BCUT2D eigenvalue weighted by molar-refractivity contribution is 9.10. The van der Waals surface area contributed by atoms with Gasteiger partial charge >= 0.3 is 0 Å². The lowest BCUT2D eigenvalue weighted by molar-refractivity contribution is 0.642. The van der Waals surface area contributed by atoms with Crippen LogP contribution < -0.4 is 5.73 Å². The molecule has 0 aliphatic rings. The van der Waals surface area contributed by atoms with Gasteiger partial charge in [0.25, 0.3) is 0 Å². The van der Waals surface area contributed by atoms with Crippen LogP contribution in [0.4, 0.5) is 5.69 Å². The third-order valence-corrected chi connectivity index (χ3v) is 4.59. The summed E-state index contributed by atoms with van der Waals surface area (Å²) in [7, 11) is 0. The van der Waals surface area contributed by atoms with Gasteiger partial charge in [-0.3, -0.25) is 4.98 Å². The van der Waals surface area contributed by atoms with Crippen molar-refractivity contribution >= 4 is 33.4 Å². The monoisotopic (exact) mass is 274 g/mol. The molecule has 2 nitrogen and oxygen atoms in total. The van der Waals surface area contributed by atoms with Gasteiger partial charge in [-0.2, -0.15) is 0 Å². The van der Waals surface area contributed by atoms with E-state index in [0.29, 0.717) is 11.2 Å². The van der Waals surface area contributed by atoms with E-state index in [-0.39, 0.29) is 0 Å². The van der Waals surface area contributed by atoms with Crippen molar-refractivity contribution in [2.45, 2.75) is 30.9 Å². The number of pyridine rings is 1. The van der Waals surface area contributed by atoms with E-state index in [1.807, 2.05) is 0 Å². The zero-order chi connectivity index (χ0) is 10.7. The van der Waals surface area contributed by atoms with Gasteiger partial charge in [-0.05, 0) is 21.8 Å². The number of nitrogens with two attached hydrogens (primary N) is 1. The van der Waals surface area contributed by atoms with Crippen LogP contribution in [-0.4, -0.2) is 10.2 Å². The van der Waals surface area contributed by atoms with E-state index in [9.17, 15) is 0 Å². The summed E-state index contributed by atoms with van der Waals surface area (Å²) in [6, 6.07) is 0. The van der Waals surface area contributed by atoms with E-state index in [0.717, 1.165) is 15.1 Å². The van der Waals surface area contributed by atoms with E-state index >= 15 is 0 Å². The first-order chi connectivity index (χ1) is 6.52. The maximum absolute atomic E-state index is 5.86. The number of hydrogen-bond donors (Lipinski definition) is 1. The van der Waals surface area contributed by atoms with Crippen LogP contribution in [0, 0.1) is 5.92 Å². The highest BCUT2D eigenvalue weighted by Crippen LogP contribution is 2.36. The van der Waals surface area contributed by atoms with Crippen LogP contribution in [-0.2, 0) is 0 Å². The molecular formula is C10H15BrN2S. The fraction of sp³-hybridized carbons (Fsp3) is 0.500. The summed E-state index contributed by atoms with van der Waals surface area (Å²) in [4.78, 5) is 5.11. The van der Waals surface area contributed by atoms with Gasteiger partial charge in [-0.15, -0.1) is 11.8 Å². The van der Waals surface area contributed by atoms with Gasteiger partial charge in [0.05, 0.1) is 16.4 Å². The summed E-state index contributed by atoms with van der Waals surface area (Å²) >= 11 is 5.25. The Balaban J connectivity index is 2.85. The van der Waals surface area contributed by atoms with Crippen molar-refractivity contribution in [1.29, 1.82) is 0 Å². The molecule has 0 bridgehead atoms. The van der Waals surface area contributed by atoms with Gasteiger partial charge in [0.15, 0.2) is 0 Å². The summed E-state index contributed by atoms with van der Waals surface area (Å²) in [5.74, 6) is 0.638. The number of aromatic nitrogens is 1. The molecule has 0 aromatic carbocycles. The molecule has 1 rings (SSSR count). The highest BCUT2D eigenvalue weighted by Gasteiger charge is 2.13. The Morgan fingerprint density at radius 1 is 1.36 bits per heavy atom. The largest absolute Gasteiger partial charge is 0.397 e. The lowest BCUT2D eigenvalue weighted by Crippen LogP contribution is -2.06. The van der Waals surface area contributed by atoms with E-state index in [2.05, 4.69) is 41.7 Å². The lowest BCUT2D eigenvalue weighted by Gasteiger charge is -2.16. The van der Waals surface area contributed by atoms with Gasteiger partial charge in [-0.1, -0.05) is 20.8 Å². The maximum atomic E-state index is 5.86. The minimum atomic E-state index is 0.552. The molecule has 1 aromatic heterocycles. The molecule has 0 saturated heterocycles. The lowest BCUT2D eigenvalue weighted by atomic mass is 10.2. The Morgan fingerprint density at radius 3 is 2.50 bits per heavy atom. The molecular weight excluding hydrogens is 260 g/mol. The summed E-state index contributed by atoms with van der Waals surface area (Å²) in [6.07, 6.45) is 3.48. The standard InChI is InChI=1S/C10H15BrN2S/c1-6(2)7(3)14-10-8(11)4-13-5-9(10)12/h4-7H,12H2,1-3H3. The summed E-state index contributed by atoms with van der Waals surface area (Å²) in [6.45, 7) is 6.63. The van der Waals surface area contributed by atoms with Gasteiger partial charge in [0, 0.05) is 16.3 Å². The number of nitrogens with zero attached hydrogens (tertiary/aromatic N) is 1. The van der Waals surface area contributed by atoms with E-state index < -0.39 is 0 Å². The zero-order valence-corrected chi connectivity index (χ0v) is 11.0. The zero-order valence-electron chi connectivity index (χ0n) is 8.62.